The predicted octanol–water partition coefficient (Wildman–Crippen LogP) is 2.45. The quantitative estimate of drug-likeness (QED) is 0.726. The third-order valence-electron chi connectivity index (χ3n) is 1.76. The van der Waals surface area contributed by atoms with Crippen LogP contribution in [0.3, 0.4) is 0 Å². The maximum Gasteiger partial charge on any atom is 0.181 e. The predicted molar refractivity (Wildman–Crippen MR) is 53.1 cm³/mol. The van der Waals surface area contributed by atoms with Crippen molar-refractivity contribution in [1.29, 1.82) is 0 Å². The zero-order chi connectivity index (χ0) is 8.55. The Morgan fingerprint density at radius 1 is 1.50 bits per heavy atom. The van der Waals surface area contributed by atoms with E-state index in [4.69, 9.17) is 5.73 Å². The Kier molecular flexibility index (Phi) is 1.73. The van der Waals surface area contributed by atoms with Crippen molar-refractivity contribution in [3.63, 3.8) is 0 Å². The Bertz CT molecular complexity index is 406. The first-order valence-electron chi connectivity index (χ1n) is 3.75. The number of anilines is 1. The largest absolute Gasteiger partial charge is 0.375 e. The van der Waals surface area contributed by atoms with Crippen LogP contribution < -0.4 is 5.73 Å². The van der Waals surface area contributed by atoms with E-state index < -0.39 is 0 Å². The summed E-state index contributed by atoms with van der Waals surface area (Å²) in [7, 11) is 0. The van der Waals surface area contributed by atoms with Crippen LogP contribution in [0.4, 0.5) is 5.13 Å². The number of benzene rings is 1. The molecule has 0 unspecified atom stereocenters. The van der Waals surface area contributed by atoms with Gasteiger partial charge in [0.05, 0.1) is 10.2 Å². The molecular weight excluding hydrogens is 168 g/mol. The highest BCUT2D eigenvalue weighted by molar-refractivity contribution is 7.22. The molecule has 3 heteroatoms. The first kappa shape index (κ1) is 7.55. The van der Waals surface area contributed by atoms with E-state index in [1.807, 2.05) is 19.1 Å². The molecular formula is C9H9N2S. The third-order valence-corrected chi connectivity index (χ3v) is 2.61. The normalized spacial score (nSPS) is 10.8. The lowest BCUT2D eigenvalue weighted by Gasteiger charge is -1.92. The zero-order valence-corrected chi connectivity index (χ0v) is 7.56. The SMILES string of the molecule is C[CH]c1ccc2nc(N)sc2c1. The van der Waals surface area contributed by atoms with Gasteiger partial charge in [0.25, 0.3) is 0 Å². The molecule has 0 atom stereocenters. The minimum absolute atomic E-state index is 0.637. The Hall–Kier alpha value is -1.09. The summed E-state index contributed by atoms with van der Waals surface area (Å²) in [5.74, 6) is 0. The second kappa shape index (κ2) is 2.75. The van der Waals surface area contributed by atoms with Crippen LogP contribution in [0.2, 0.25) is 0 Å². The number of thiazole rings is 1. The van der Waals surface area contributed by atoms with Gasteiger partial charge in [-0.1, -0.05) is 24.3 Å². The molecule has 61 valence electrons. The molecule has 12 heavy (non-hydrogen) atoms. The van der Waals surface area contributed by atoms with Gasteiger partial charge in [0.1, 0.15) is 0 Å². The van der Waals surface area contributed by atoms with Crippen molar-refractivity contribution in [3.8, 4) is 0 Å². The zero-order valence-electron chi connectivity index (χ0n) is 6.74. The van der Waals surface area contributed by atoms with Gasteiger partial charge in [-0.25, -0.2) is 4.98 Å². The summed E-state index contributed by atoms with van der Waals surface area (Å²) in [6.07, 6.45) is 2.06. The van der Waals surface area contributed by atoms with E-state index in [0.717, 1.165) is 10.2 Å². The lowest BCUT2D eigenvalue weighted by Crippen LogP contribution is -1.79. The molecule has 2 N–H and O–H groups in total. The van der Waals surface area contributed by atoms with Crippen LogP contribution >= 0.6 is 11.3 Å². The van der Waals surface area contributed by atoms with E-state index >= 15 is 0 Å². The van der Waals surface area contributed by atoms with Crippen LogP contribution in [0.1, 0.15) is 12.5 Å². The van der Waals surface area contributed by atoms with Crippen molar-refractivity contribution in [1.82, 2.24) is 4.98 Å². The van der Waals surface area contributed by atoms with Crippen molar-refractivity contribution < 1.29 is 0 Å². The highest BCUT2D eigenvalue weighted by Gasteiger charge is 2.00. The molecule has 0 spiro atoms. The van der Waals surface area contributed by atoms with Crippen molar-refractivity contribution in [2.45, 2.75) is 6.92 Å². The van der Waals surface area contributed by atoms with E-state index in [-0.39, 0.29) is 0 Å². The fourth-order valence-electron chi connectivity index (χ4n) is 1.14. The van der Waals surface area contributed by atoms with Gasteiger partial charge >= 0.3 is 0 Å². The smallest absolute Gasteiger partial charge is 0.181 e. The lowest BCUT2D eigenvalue weighted by atomic mass is 10.2. The molecule has 0 saturated heterocycles. The minimum Gasteiger partial charge on any atom is -0.375 e. The lowest BCUT2D eigenvalue weighted by molar-refractivity contribution is 1.43. The Morgan fingerprint density at radius 2 is 2.33 bits per heavy atom. The van der Waals surface area contributed by atoms with Gasteiger partial charge in [-0.15, -0.1) is 0 Å². The number of nitrogens with zero attached hydrogens (tertiary/aromatic N) is 1. The van der Waals surface area contributed by atoms with Gasteiger partial charge < -0.3 is 5.73 Å². The van der Waals surface area contributed by atoms with Gasteiger partial charge in [0.2, 0.25) is 0 Å². The number of nitrogens with two attached hydrogens (primary N) is 1. The molecule has 2 aromatic rings. The molecule has 0 amide bonds. The van der Waals surface area contributed by atoms with E-state index in [9.17, 15) is 0 Å². The minimum atomic E-state index is 0.637. The molecule has 2 rings (SSSR count). The fourth-order valence-corrected chi connectivity index (χ4v) is 1.92. The number of nitrogen functional groups attached to an aromatic ring is 1. The average molecular weight is 177 g/mol. The van der Waals surface area contributed by atoms with Crippen LogP contribution in [-0.2, 0) is 0 Å². The van der Waals surface area contributed by atoms with Crippen LogP contribution in [0.15, 0.2) is 18.2 Å². The summed E-state index contributed by atoms with van der Waals surface area (Å²) in [6, 6.07) is 6.14. The second-order valence-corrected chi connectivity index (χ2v) is 3.63. The van der Waals surface area contributed by atoms with Crippen molar-refractivity contribution in [2.24, 2.45) is 0 Å². The summed E-state index contributed by atoms with van der Waals surface area (Å²) < 4.78 is 1.16. The molecule has 0 aliphatic heterocycles. The molecule has 0 fully saturated rings. The van der Waals surface area contributed by atoms with Crippen LogP contribution in [-0.4, -0.2) is 4.98 Å². The van der Waals surface area contributed by atoms with E-state index in [1.165, 1.54) is 16.9 Å². The molecule has 2 nitrogen and oxygen atoms in total. The fraction of sp³-hybridized carbons (Fsp3) is 0.111. The summed E-state index contributed by atoms with van der Waals surface area (Å²) in [5.41, 5.74) is 7.78. The number of aromatic nitrogens is 1. The van der Waals surface area contributed by atoms with Crippen molar-refractivity contribution in [3.05, 3.63) is 30.2 Å². The third kappa shape index (κ3) is 1.16. The first-order chi connectivity index (χ1) is 5.79. The van der Waals surface area contributed by atoms with Gasteiger partial charge in [0.15, 0.2) is 5.13 Å². The van der Waals surface area contributed by atoms with Crippen LogP contribution in [0, 0.1) is 6.42 Å². The number of hydrogen-bond acceptors (Lipinski definition) is 3. The van der Waals surface area contributed by atoms with E-state index in [0.29, 0.717) is 5.13 Å². The molecule has 1 aromatic carbocycles. The Balaban J connectivity index is 2.66. The maximum atomic E-state index is 5.58. The molecule has 1 heterocycles. The first-order valence-corrected chi connectivity index (χ1v) is 4.56. The van der Waals surface area contributed by atoms with Crippen LogP contribution in [0.5, 0.6) is 0 Å². The van der Waals surface area contributed by atoms with Gasteiger partial charge in [-0.05, 0) is 24.1 Å². The molecule has 0 aliphatic rings. The Morgan fingerprint density at radius 3 is 3.08 bits per heavy atom. The summed E-state index contributed by atoms with van der Waals surface area (Å²) in [6.45, 7) is 2.02. The van der Waals surface area contributed by atoms with Crippen molar-refractivity contribution in [2.75, 3.05) is 5.73 Å². The van der Waals surface area contributed by atoms with Crippen LogP contribution in [0.25, 0.3) is 10.2 Å². The standard InChI is InChI=1S/C9H9N2S/c1-2-6-3-4-7-8(5-6)12-9(10)11-7/h2-5H,1H3,(H2,10,11). The molecule has 0 saturated carbocycles. The molecule has 1 aromatic heterocycles. The number of rotatable bonds is 1. The summed E-state index contributed by atoms with van der Waals surface area (Å²) in [5, 5.41) is 0.637. The second-order valence-electron chi connectivity index (χ2n) is 2.57. The van der Waals surface area contributed by atoms with Gasteiger partial charge in [-0.2, -0.15) is 0 Å². The Labute approximate surface area is 75.0 Å². The summed E-state index contributed by atoms with van der Waals surface area (Å²) in [4.78, 5) is 4.17. The van der Waals surface area contributed by atoms with E-state index in [1.54, 1.807) is 0 Å². The van der Waals surface area contributed by atoms with Gasteiger partial charge in [0, 0.05) is 0 Å². The monoisotopic (exact) mass is 177 g/mol. The average Bonchev–Trinajstić information content (AvgIpc) is 2.43. The van der Waals surface area contributed by atoms with E-state index in [2.05, 4.69) is 17.5 Å². The van der Waals surface area contributed by atoms with Crippen molar-refractivity contribution >= 4 is 26.7 Å². The molecule has 1 radical (unpaired) electrons. The van der Waals surface area contributed by atoms with Gasteiger partial charge in [-0.3, -0.25) is 0 Å². The highest BCUT2D eigenvalue weighted by atomic mass is 32.1. The molecule has 0 aliphatic carbocycles. The molecule has 0 bridgehead atoms. The summed E-state index contributed by atoms with van der Waals surface area (Å²) >= 11 is 1.53. The number of hydrogen-bond donors (Lipinski definition) is 1. The highest BCUT2D eigenvalue weighted by Crippen LogP contribution is 2.24. The number of fused-ring (bicyclic) bond motifs is 1. The maximum absolute atomic E-state index is 5.58. The topological polar surface area (TPSA) is 38.9 Å².